The molecule has 0 heterocycles. The minimum Gasteiger partial charge on any atom is -0.370 e. The van der Waals surface area contributed by atoms with Gasteiger partial charge in [-0.1, -0.05) is 38.1 Å². The van der Waals surface area contributed by atoms with Crippen molar-refractivity contribution < 1.29 is 8.42 Å². The van der Waals surface area contributed by atoms with Gasteiger partial charge >= 0.3 is 0 Å². The van der Waals surface area contributed by atoms with Crippen LogP contribution in [0.3, 0.4) is 0 Å². The summed E-state index contributed by atoms with van der Waals surface area (Å²) < 4.78 is 22.9. The highest BCUT2D eigenvalue weighted by molar-refractivity contribution is 7.90. The van der Waals surface area contributed by atoms with Crippen molar-refractivity contribution in [3.05, 3.63) is 59.7 Å². The van der Waals surface area contributed by atoms with Gasteiger partial charge in [-0.3, -0.25) is 4.99 Å². The van der Waals surface area contributed by atoms with Crippen LogP contribution in [0.5, 0.6) is 0 Å². The molecule has 2 aromatic rings. The first-order valence-electron chi connectivity index (χ1n) is 8.75. The van der Waals surface area contributed by atoms with Gasteiger partial charge in [-0.05, 0) is 54.2 Å². The molecule has 6 heteroatoms. The number of hydrogen-bond donors (Lipinski definition) is 2. The molecule has 5 nitrogen and oxygen atoms in total. The fraction of sp³-hybridized carbons (Fsp3) is 0.350. The van der Waals surface area contributed by atoms with Crippen molar-refractivity contribution in [2.45, 2.75) is 37.5 Å². The Labute approximate surface area is 156 Å². The smallest absolute Gasteiger partial charge is 0.193 e. The quantitative estimate of drug-likeness (QED) is 0.574. The molecule has 1 atom stereocenters. The van der Waals surface area contributed by atoms with E-state index >= 15 is 0 Å². The highest BCUT2D eigenvalue weighted by Crippen LogP contribution is 2.20. The van der Waals surface area contributed by atoms with Crippen molar-refractivity contribution >= 4 is 21.5 Å². The van der Waals surface area contributed by atoms with Crippen molar-refractivity contribution in [1.29, 1.82) is 0 Å². The minimum atomic E-state index is -3.16. The second-order valence-corrected chi connectivity index (χ2v) is 8.51. The van der Waals surface area contributed by atoms with Gasteiger partial charge in [-0.15, -0.1) is 0 Å². The maximum Gasteiger partial charge on any atom is 0.193 e. The molecule has 140 valence electrons. The van der Waals surface area contributed by atoms with E-state index in [0.717, 1.165) is 17.7 Å². The Morgan fingerprint density at radius 1 is 1.12 bits per heavy atom. The number of rotatable bonds is 7. The number of hydrogen-bond acceptors (Lipinski definition) is 3. The van der Waals surface area contributed by atoms with Crippen LogP contribution >= 0.6 is 0 Å². The summed E-state index contributed by atoms with van der Waals surface area (Å²) in [6.45, 7) is 4.92. The molecular weight excluding hydrogens is 346 g/mol. The van der Waals surface area contributed by atoms with Gasteiger partial charge in [0.05, 0.1) is 4.90 Å². The monoisotopic (exact) mass is 373 g/mol. The second-order valence-electron chi connectivity index (χ2n) is 6.49. The predicted molar refractivity (Wildman–Crippen MR) is 109 cm³/mol. The molecule has 0 fully saturated rings. The Bertz CT molecular complexity index is 842. The van der Waals surface area contributed by atoms with Crippen LogP contribution in [0.4, 0.5) is 5.69 Å². The number of benzene rings is 2. The lowest BCUT2D eigenvalue weighted by molar-refractivity contribution is 0.602. The van der Waals surface area contributed by atoms with Crippen LogP contribution < -0.4 is 11.1 Å². The van der Waals surface area contributed by atoms with Gasteiger partial charge in [0.1, 0.15) is 0 Å². The summed E-state index contributed by atoms with van der Waals surface area (Å²) in [6, 6.07) is 15.1. The normalized spacial score (nSPS) is 13.4. The molecule has 0 bridgehead atoms. The van der Waals surface area contributed by atoms with Crippen molar-refractivity contribution in [3.8, 4) is 0 Å². The fourth-order valence-corrected chi connectivity index (χ4v) is 3.16. The first-order valence-corrected chi connectivity index (χ1v) is 10.6. The standard InChI is InChI=1S/C20H27N3O2S/c1-4-15(2)17-7-9-18(10-8-17)23-20(21)22-14-13-16-5-11-19(12-6-16)26(3,24)25/h5-12,15H,4,13-14H2,1-3H3,(H3,21,22,23). The fourth-order valence-electron chi connectivity index (χ4n) is 2.53. The first kappa shape index (κ1) is 20.0. The van der Waals surface area contributed by atoms with Crippen LogP contribution in [0.2, 0.25) is 0 Å². The van der Waals surface area contributed by atoms with E-state index in [1.165, 1.54) is 11.8 Å². The number of aliphatic imine (C=N–C) groups is 1. The average Bonchev–Trinajstić information content (AvgIpc) is 2.61. The van der Waals surface area contributed by atoms with E-state index in [1.54, 1.807) is 12.1 Å². The molecule has 3 N–H and O–H groups in total. The van der Waals surface area contributed by atoms with E-state index in [9.17, 15) is 8.42 Å². The molecule has 0 aliphatic rings. The number of nitrogens with zero attached hydrogens (tertiary/aromatic N) is 1. The summed E-state index contributed by atoms with van der Waals surface area (Å²) in [6.07, 6.45) is 3.01. The lowest BCUT2D eigenvalue weighted by Crippen LogP contribution is -2.23. The van der Waals surface area contributed by atoms with Crippen LogP contribution in [0.15, 0.2) is 58.4 Å². The Morgan fingerprint density at radius 2 is 1.73 bits per heavy atom. The topological polar surface area (TPSA) is 84.5 Å². The van der Waals surface area contributed by atoms with E-state index in [1.807, 2.05) is 24.3 Å². The third kappa shape index (κ3) is 5.88. The lowest BCUT2D eigenvalue weighted by atomic mass is 9.99. The molecule has 0 aromatic heterocycles. The van der Waals surface area contributed by atoms with Gasteiger partial charge in [0.2, 0.25) is 0 Å². The van der Waals surface area contributed by atoms with Crippen molar-refractivity contribution in [1.82, 2.24) is 0 Å². The van der Waals surface area contributed by atoms with Gasteiger partial charge in [0, 0.05) is 18.5 Å². The molecular formula is C20H27N3O2S. The average molecular weight is 374 g/mol. The third-order valence-electron chi connectivity index (χ3n) is 4.40. The number of nitrogens with one attached hydrogen (secondary N) is 1. The zero-order valence-corrected chi connectivity index (χ0v) is 16.4. The van der Waals surface area contributed by atoms with Crippen molar-refractivity contribution in [2.75, 3.05) is 18.1 Å². The number of sulfone groups is 1. The van der Waals surface area contributed by atoms with Gasteiger partial charge < -0.3 is 11.1 Å². The molecule has 2 aromatic carbocycles. The summed E-state index contributed by atoms with van der Waals surface area (Å²) in [5, 5.41) is 3.09. The highest BCUT2D eigenvalue weighted by atomic mass is 32.2. The second kappa shape index (κ2) is 8.85. The van der Waals surface area contributed by atoms with Gasteiger partial charge in [-0.2, -0.15) is 0 Å². The number of nitrogens with two attached hydrogens (primary N) is 1. The molecule has 0 radical (unpaired) electrons. The zero-order valence-electron chi connectivity index (χ0n) is 15.6. The molecule has 2 rings (SSSR count). The van der Waals surface area contributed by atoms with Crippen molar-refractivity contribution in [3.63, 3.8) is 0 Å². The summed E-state index contributed by atoms with van der Waals surface area (Å²) in [5.74, 6) is 0.915. The van der Waals surface area contributed by atoms with E-state index in [4.69, 9.17) is 5.73 Å². The third-order valence-corrected chi connectivity index (χ3v) is 5.53. The Balaban J connectivity index is 1.88. The lowest BCUT2D eigenvalue weighted by Gasteiger charge is -2.10. The van der Waals surface area contributed by atoms with Gasteiger partial charge in [0.15, 0.2) is 15.8 Å². The van der Waals surface area contributed by atoms with Gasteiger partial charge in [-0.25, -0.2) is 8.42 Å². The van der Waals surface area contributed by atoms with Crippen LogP contribution in [0.25, 0.3) is 0 Å². The Kier molecular flexibility index (Phi) is 6.80. The van der Waals surface area contributed by atoms with E-state index in [-0.39, 0.29) is 0 Å². The predicted octanol–water partition coefficient (Wildman–Crippen LogP) is 3.57. The molecule has 26 heavy (non-hydrogen) atoms. The SMILES string of the molecule is CCC(C)c1ccc(NC(N)=NCCc2ccc(S(C)(=O)=O)cc2)cc1. The highest BCUT2D eigenvalue weighted by Gasteiger charge is 2.06. The largest absolute Gasteiger partial charge is 0.370 e. The maximum absolute atomic E-state index is 11.4. The number of anilines is 1. The molecule has 0 aliphatic carbocycles. The molecule has 0 spiro atoms. The van der Waals surface area contributed by atoms with Gasteiger partial charge in [0.25, 0.3) is 0 Å². The van der Waals surface area contributed by atoms with Crippen LogP contribution in [0, 0.1) is 0 Å². The summed E-state index contributed by atoms with van der Waals surface area (Å²) in [4.78, 5) is 4.65. The molecule has 0 amide bonds. The number of guanidine groups is 1. The molecule has 0 saturated heterocycles. The summed E-state index contributed by atoms with van der Waals surface area (Å²) >= 11 is 0. The minimum absolute atomic E-state index is 0.326. The van der Waals surface area contributed by atoms with E-state index < -0.39 is 9.84 Å². The van der Waals surface area contributed by atoms with Crippen molar-refractivity contribution in [2.24, 2.45) is 10.7 Å². The molecule has 0 saturated carbocycles. The van der Waals surface area contributed by atoms with Crippen LogP contribution in [-0.4, -0.2) is 27.2 Å². The summed E-state index contributed by atoms with van der Waals surface area (Å²) in [5.41, 5.74) is 9.18. The maximum atomic E-state index is 11.4. The first-order chi connectivity index (χ1) is 12.3. The Hall–Kier alpha value is -2.34. The van der Waals surface area contributed by atoms with E-state index in [2.05, 4.69) is 36.3 Å². The zero-order chi connectivity index (χ0) is 19.2. The molecule has 1 unspecified atom stereocenters. The Morgan fingerprint density at radius 3 is 2.27 bits per heavy atom. The molecule has 0 aliphatic heterocycles. The summed E-state index contributed by atoms with van der Waals surface area (Å²) in [7, 11) is -3.16. The van der Waals surface area contributed by atoms with E-state index in [0.29, 0.717) is 29.7 Å². The van der Waals surface area contributed by atoms with Crippen LogP contribution in [-0.2, 0) is 16.3 Å². The van der Waals surface area contributed by atoms with Crippen LogP contribution in [0.1, 0.15) is 37.3 Å².